The SMILES string of the molecule is Cc1cc2c3c4c1C(C)(C)CN4CCC3CC2(C)C. The van der Waals surface area contributed by atoms with Crippen molar-refractivity contribution in [2.45, 2.75) is 64.2 Å². The molecule has 0 fully saturated rings. The number of benzene rings is 1. The van der Waals surface area contributed by atoms with Crippen LogP contribution in [0.4, 0.5) is 5.69 Å². The van der Waals surface area contributed by atoms with Crippen LogP contribution in [-0.2, 0) is 10.8 Å². The molecule has 2 heterocycles. The summed E-state index contributed by atoms with van der Waals surface area (Å²) in [7, 11) is 0. The number of nitrogens with zero attached hydrogens (tertiary/aromatic N) is 1. The first-order valence-electron chi connectivity index (χ1n) is 7.75. The molecule has 0 spiro atoms. The number of hydrogen-bond donors (Lipinski definition) is 0. The van der Waals surface area contributed by atoms with Crippen LogP contribution in [0.2, 0.25) is 0 Å². The normalized spacial score (nSPS) is 28.7. The summed E-state index contributed by atoms with van der Waals surface area (Å²) in [6, 6.07) is 2.52. The molecule has 0 radical (unpaired) electrons. The number of anilines is 1. The van der Waals surface area contributed by atoms with Gasteiger partial charge in [0.15, 0.2) is 0 Å². The van der Waals surface area contributed by atoms with Gasteiger partial charge < -0.3 is 4.90 Å². The van der Waals surface area contributed by atoms with Crippen molar-refractivity contribution in [3.63, 3.8) is 0 Å². The largest absolute Gasteiger partial charge is 0.370 e. The van der Waals surface area contributed by atoms with Crippen molar-refractivity contribution in [1.82, 2.24) is 0 Å². The third-order valence-electron chi connectivity index (χ3n) is 5.76. The highest BCUT2D eigenvalue weighted by molar-refractivity contribution is 5.75. The molecule has 102 valence electrons. The number of hydrogen-bond acceptors (Lipinski definition) is 1. The minimum atomic E-state index is 0.329. The fourth-order valence-corrected chi connectivity index (χ4v) is 5.18. The molecule has 1 aromatic carbocycles. The van der Waals surface area contributed by atoms with Gasteiger partial charge >= 0.3 is 0 Å². The highest BCUT2D eigenvalue weighted by Crippen LogP contribution is 2.58. The maximum atomic E-state index is 2.68. The van der Waals surface area contributed by atoms with Crippen LogP contribution in [0, 0.1) is 6.92 Å². The molecular weight excluding hydrogens is 230 g/mol. The Balaban J connectivity index is 2.09. The Morgan fingerprint density at radius 3 is 2.63 bits per heavy atom. The van der Waals surface area contributed by atoms with Gasteiger partial charge in [0, 0.05) is 24.2 Å². The summed E-state index contributed by atoms with van der Waals surface area (Å²) in [4.78, 5) is 2.68. The molecule has 19 heavy (non-hydrogen) atoms. The molecule has 0 amide bonds. The summed E-state index contributed by atoms with van der Waals surface area (Å²) in [5, 5.41) is 0. The van der Waals surface area contributed by atoms with Crippen molar-refractivity contribution in [3.8, 4) is 0 Å². The summed E-state index contributed by atoms with van der Waals surface area (Å²) in [6.45, 7) is 14.5. The van der Waals surface area contributed by atoms with Crippen molar-refractivity contribution in [3.05, 3.63) is 28.3 Å². The Bertz CT molecular complexity index is 580. The van der Waals surface area contributed by atoms with E-state index in [-0.39, 0.29) is 0 Å². The lowest BCUT2D eigenvalue weighted by Gasteiger charge is -2.31. The maximum Gasteiger partial charge on any atom is 0.0446 e. The highest BCUT2D eigenvalue weighted by atomic mass is 15.2. The molecule has 1 aliphatic carbocycles. The molecular formula is C18H25N. The monoisotopic (exact) mass is 255 g/mol. The van der Waals surface area contributed by atoms with E-state index in [0.717, 1.165) is 5.92 Å². The Morgan fingerprint density at radius 2 is 1.89 bits per heavy atom. The van der Waals surface area contributed by atoms with E-state index in [2.05, 4.69) is 45.6 Å². The van der Waals surface area contributed by atoms with Gasteiger partial charge in [-0.25, -0.2) is 0 Å². The second-order valence-corrected chi connectivity index (χ2v) is 8.26. The number of aryl methyl sites for hydroxylation is 1. The van der Waals surface area contributed by atoms with Gasteiger partial charge in [-0.1, -0.05) is 33.8 Å². The molecule has 3 aliphatic rings. The van der Waals surface area contributed by atoms with E-state index in [9.17, 15) is 0 Å². The third kappa shape index (κ3) is 1.32. The van der Waals surface area contributed by atoms with Crippen LogP contribution >= 0.6 is 0 Å². The Kier molecular flexibility index (Phi) is 1.98. The lowest BCUT2D eigenvalue weighted by molar-refractivity contribution is 0.450. The highest BCUT2D eigenvalue weighted by Gasteiger charge is 2.47. The van der Waals surface area contributed by atoms with Crippen LogP contribution in [0.5, 0.6) is 0 Å². The number of rotatable bonds is 0. The fourth-order valence-electron chi connectivity index (χ4n) is 5.18. The van der Waals surface area contributed by atoms with E-state index in [1.165, 1.54) is 31.5 Å². The van der Waals surface area contributed by atoms with Gasteiger partial charge in [0.05, 0.1) is 0 Å². The van der Waals surface area contributed by atoms with Gasteiger partial charge in [-0.05, 0) is 53.4 Å². The lowest BCUT2D eigenvalue weighted by atomic mass is 9.79. The predicted octanol–water partition coefficient (Wildman–Crippen LogP) is 4.26. The van der Waals surface area contributed by atoms with Crippen LogP contribution in [0.1, 0.15) is 68.7 Å². The van der Waals surface area contributed by atoms with Crippen molar-refractivity contribution in [2.24, 2.45) is 0 Å². The van der Waals surface area contributed by atoms with Gasteiger partial charge in [-0.2, -0.15) is 0 Å². The standard InChI is InChI=1S/C18H25N/c1-11-8-13-14-12(9-17(13,2)3)6-7-19-10-18(4,5)15(11)16(14)19/h8,12H,6-7,9-10H2,1-5H3. The summed E-state index contributed by atoms with van der Waals surface area (Å²) in [5.41, 5.74) is 8.89. The quantitative estimate of drug-likeness (QED) is 0.669. The van der Waals surface area contributed by atoms with Crippen molar-refractivity contribution in [1.29, 1.82) is 0 Å². The van der Waals surface area contributed by atoms with E-state index in [1.807, 2.05) is 0 Å². The zero-order valence-electron chi connectivity index (χ0n) is 12.9. The van der Waals surface area contributed by atoms with Crippen LogP contribution in [0.3, 0.4) is 0 Å². The van der Waals surface area contributed by atoms with Gasteiger partial charge in [0.25, 0.3) is 0 Å². The van der Waals surface area contributed by atoms with Gasteiger partial charge in [0.1, 0.15) is 0 Å². The van der Waals surface area contributed by atoms with E-state index in [0.29, 0.717) is 10.8 Å². The average Bonchev–Trinajstić information content (AvgIpc) is 2.70. The van der Waals surface area contributed by atoms with Gasteiger partial charge in [0.2, 0.25) is 0 Å². The molecule has 2 aliphatic heterocycles. The first kappa shape index (κ1) is 11.8. The molecule has 0 aromatic heterocycles. The summed E-state index contributed by atoms with van der Waals surface area (Å²) in [5.74, 6) is 0.824. The van der Waals surface area contributed by atoms with Gasteiger partial charge in [-0.15, -0.1) is 0 Å². The Morgan fingerprint density at radius 1 is 1.16 bits per heavy atom. The van der Waals surface area contributed by atoms with Crippen LogP contribution in [0.25, 0.3) is 0 Å². The average molecular weight is 255 g/mol. The topological polar surface area (TPSA) is 3.24 Å². The van der Waals surface area contributed by atoms with Crippen molar-refractivity contribution >= 4 is 5.69 Å². The molecule has 0 N–H and O–H groups in total. The zero-order valence-corrected chi connectivity index (χ0v) is 12.9. The Labute approximate surface area is 117 Å². The van der Waals surface area contributed by atoms with Crippen LogP contribution < -0.4 is 4.90 Å². The lowest BCUT2D eigenvalue weighted by Crippen LogP contribution is -2.32. The zero-order chi connectivity index (χ0) is 13.6. The second kappa shape index (κ2) is 3.19. The molecule has 1 nitrogen and oxygen atoms in total. The molecule has 1 unspecified atom stereocenters. The molecule has 1 heteroatoms. The van der Waals surface area contributed by atoms with Crippen molar-refractivity contribution in [2.75, 3.05) is 18.0 Å². The molecule has 1 atom stereocenters. The van der Waals surface area contributed by atoms with E-state index in [4.69, 9.17) is 0 Å². The molecule has 0 bridgehead atoms. The minimum absolute atomic E-state index is 0.329. The maximum absolute atomic E-state index is 2.68. The van der Waals surface area contributed by atoms with Crippen molar-refractivity contribution < 1.29 is 0 Å². The molecule has 0 saturated heterocycles. The van der Waals surface area contributed by atoms with Crippen LogP contribution in [-0.4, -0.2) is 13.1 Å². The van der Waals surface area contributed by atoms with Crippen LogP contribution in [0.15, 0.2) is 6.07 Å². The molecule has 1 aromatic rings. The first-order valence-corrected chi connectivity index (χ1v) is 7.75. The fraction of sp³-hybridized carbons (Fsp3) is 0.667. The van der Waals surface area contributed by atoms with E-state index >= 15 is 0 Å². The smallest absolute Gasteiger partial charge is 0.0446 e. The Hall–Kier alpha value is -0.980. The summed E-state index contributed by atoms with van der Waals surface area (Å²) >= 11 is 0. The predicted molar refractivity (Wildman–Crippen MR) is 81.4 cm³/mol. The third-order valence-corrected chi connectivity index (χ3v) is 5.76. The van der Waals surface area contributed by atoms with Gasteiger partial charge in [-0.3, -0.25) is 0 Å². The first-order chi connectivity index (χ1) is 8.81. The minimum Gasteiger partial charge on any atom is -0.370 e. The summed E-state index contributed by atoms with van der Waals surface area (Å²) < 4.78 is 0. The van der Waals surface area contributed by atoms with E-state index in [1.54, 1.807) is 22.4 Å². The summed E-state index contributed by atoms with van der Waals surface area (Å²) in [6.07, 6.45) is 2.72. The van der Waals surface area contributed by atoms with E-state index < -0.39 is 0 Å². The second-order valence-electron chi connectivity index (χ2n) is 8.26. The molecule has 4 rings (SSSR count). The molecule has 0 saturated carbocycles.